The van der Waals surface area contributed by atoms with Crippen molar-refractivity contribution in [1.29, 1.82) is 0 Å². The second kappa shape index (κ2) is 5.26. The molecular weight excluding hydrogens is 330 g/mol. The molecule has 0 saturated carbocycles. The molecule has 6 nitrogen and oxygen atoms in total. The van der Waals surface area contributed by atoms with Crippen molar-refractivity contribution in [1.82, 2.24) is 5.32 Å². The van der Waals surface area contributed by atoms with E-state index in [1.54, 1.807) is 0 Å². The molecule has 1 aromatic carbocycles. The third-order valence-electron chi connectivity index (χ3n) is 3.98. The first-order valence-corrected chi connectivity index (χ1v) is 8.22. The van der Waals surface area contributed by atoms with Crippen LogP contribution >= 0.6 is 0 Å². The summed E-state index contributed by atoms with van der Waals surface area (Å²) < 4.78 is 52.0. The van der Waals surface area contributed by atoms with Crippen LogP contribution in [0, 0.1) is 5.82 Å². The maximum atomic E-state index is 14.8. The normalized spacial score (nSPS) is 28.7. The fourth-order valence-corrected chi connectivity index (χ4v) is 4.11. The molecule has 1 amide bonds. The van der Waals surface area contributed by atoms with Crippen LogP contribution in [0.15, 0.2) is 29.3 Å². The van der Waals surface area contributed by atoms with E-state index < -0.39 is 43.4 Å². The van der Waals surface area contributed by atoms with E-state index in [4.69, 9.17) is 5.11 Å². The highest BCUT2D eigenvalue weighted by atomic mass is 32.2. The topological polar surface area (TPSA) is 95.8 Å². The molecule has 1 aliphatic heterocycles. The van der Waals surface area contributed by atoms with E-state index in [1.807, 2.05) is 5.32 Å². The predicted octanol–water partition coefficient (Wildman–Crippen LogP) is 2.21. The zero-order chi connectivity index (χ0) is 17.6. The van der Waals surface area contributed by atoms with Gasteiger partial charge in [0.1, 0.15) is 21.9 Å². The van der Waals surface area contributed by atoms with Gasteiger partial charge in [-0.15, -0.1) is 0 Å². The summed E-state index contributed by atoms with van der Waals surface area (Å²) in [4.78, 5) is 14.9. The molecular formula is C14H16F2N2O4S. The number of carbonyl (C=O) groups is 1. The van der Waals surface area contributed by atoms with Crippen molar-refractivity contribution in [2.24, 2.45) is 4.99 Å². The molecule has 0 spiro atoms. The standard InChI is InChI=1S/C14H16F2N2O4S/c1-13(2)11(17-12(19)20)18-14(3,10(16)23(13,21)22)8-6-4-5-7-9(8)15/h4-7,10H,1-3H3,(H,17,18)(H,19,20). The SMILES string of the molecule is CC1(c2ccccc2F)N=C(NC(=O)O)C(C)(C)S(=O)(=O)C1F. The number of benzene rings is 1. The highest BCUT2D eigenvalue weighted by molar-refractivity contribution is 7.94. The predicted molar refractivity (Wildman–Crippen MR) is 80.2 cm³/mol. The Morgan fingerprint density at radius 2 is 1.87 bits per heavy atom. The lowest BCUT2D eigenvalue weighted by Gasteiger charge is -2.41. The molecule has 2 unspecified atom stereocenters. The van der Waals surface area contributed by atoms with Gasteiger partial charge >= 0.3 is 6.09 Å². The number of hydrogen-bond donors (Lipinski definition) is 2. The molecule has 9 heteroatoms. The smallest absolute Gasteiger partial charge is 0.410 e. The van der Waals surface area contributed by atoms with Crippen LogP contribution in [-0.2, 0) is 15.4 Å². The number of carboxylic acid groups (broad SMARTS) is 1. The highest BCUT2D eigenvalue weighted by Gasteiger charge is 2.58. The number of rotatable bonds is 1. The molecule has 0 radical (unpaired) electrons. The van der Waals surface area contributed by atoms with Gasteiger partial charge in [0, 0.05) is 5.56 Å². The Morgan fingerprint density at radius 1 is 1.30 bits per heavy atom. The van der Waals surface area contributed by atoms with E-state index in [-0.39, 0.29) is 5.56 Å². The van der Waals surface area contributed by atoms with Crippen LogP contribution in [-0.4, -0.2) is 35.7 Å². The third-order valence-corrected chi connectivity index (χ3v) is 6.60. The summed E-state index contributed by atoms with van der Waals surface area (Å²) in [5.74, 6) is -1.28. The van der Waals surface area contributed by atoms with Crippen LogP contribution in [0.1, 0.15) is 26.3 Å². The molecule has 0 saturated heterocycles. The Kier molecular flexibility index (Phi) is 3.96. The zero-order valence-electron chi connectivity index (χ0n) is 12.7. The van der Waals surface area contributed by atoms with Crippen molar-refractivity contribution in [3.63, 3.8) is 0 Å². The molecule has 0 aliphatic carbocycles. The fourth-order valence-electron chi connectivity index (χ4n) is 2.45. The Labute approximate surface area is 132 Å². The molecule has 1 aromatic rings. The Bertz CT molecular complexity index is 792. The van der Waals surface area contributed by atoms with Crippen molar-refractivity contribution in [2.45, 2.75) is 36.6 Å². The monoisotopic (exact) mass is 346 g/mol. The summed E-state index contributed by atoms with van der Waals surface area (Å²) in [6.45, 7) is 3.40. The minimum absolute atomic E-state index is 0.267. The van der Waals surface area contributed by atoms with E-state index in [9.17, 15) is 22.0 Å². The number of hydrogen-bond acceptors (Lipinski definition) is 4. The van der Waals surface area contributed by atoms with Crippen LogP contribution in [0.4, 0.5) is 13.6 Å². The number of alkyl halides is 1. The Morgan fingerprint density at radius 3 is 2.39 bits per heavy atom. The maximum absolute atomic E-state index is 14.8. The molecule has 126 valence electrons. The maximum Gasteiger partial charge on any atom is 0.410 e. The van der Waals surface area contributed by atoms with Crippen LogP contribution in [0.25, 0.3) is 0 Å². The van der Waals surface area contributed by atoms with Crippen molar-refractivity contribution >= 4 is 21.8 Å². The van der Waals surface area contributed by atoms with Crippen molar-refractivity contribution < 1.29 is 27.1 Å². The van der Waals surface area contributed by atoms with Gasteiger partial charge in [-0.1, -0.05) is 18.2 Å². The number of aliphatic imine (C=N–C) groups is 1. The third kappa shape index (κ3) is 2.48. The van der Waals surface area contributed by atoms with Gasteiger partial charge in [0.05, 0.1) is 0 Å². The highest BCUT2D eigenvalue weighted by Crippen LogP contribution is 2.43. The first-order valence-electron chi connectivity index (χ1n) is 6.67. The number of halogens is 2. The lowest BCUT2D eigenvalue weighted by atomic mass is 9.92. The number of amides is 1. The van der Waals surface area contributed by atoms with E-state index in [2.05, 4.69) is 4.99 Å². The van der Waals surface area contributed by atoms with E-state index in [0.29, 0.717) is 0 Å². The van der Waals surface area contributed by atoms with Crippen molar-refractivity contribution in [2.75, 3.05) is 0 Å². The zero-order valence-corrected chi connectivity index (χ0v) is 13.5. The number of sulfone groups is 1. The molecule has 2 N–H and O–H groups in total. The lowest BCUT2D eigenvalue weighted by Crippen LogP contribution is -2.60. The fraction of sp³-hybridized carbons (Fsp3) is 0.429. The first kappa shape index (κ1) is 17.3. The average Bonchev–Trinajstić information content (AvgIpc) is 2.44. The lowest BCUT2D eigenvalue weighted by molar-refractivity contribution is 0.199. The molecule has 2 atom stereocenters. The molecule has 0 fully saturated rings. The molecule has 0 aromatic heterocycles. The van der Waals surface area contributed by atoms with Gasteiger partial charge in [-0.3, -0.25) is 10.3 Å². The van der Waals surface area contributed by atoms with Gasteiger partial charge in [-0.05, 0) is 26.8 Å². The quantitative estimate of drug-likeness (QED) is 0.815. The van der Waals surface area contributed by atoms with E-state index in [1.165, 1.54) is 18.2 Å². The summed E-state index contributed by atoms with van der Waals surface area (Å²) >= 11 is 0. The van der Waals surface area contributed by atoms with Crippen LogP contribution in [0.3, 0.4) is 0 Å². The average molecular weight is 346 g/mol. The summed E-state index contributed by atoms with van der Waals surface area (Å²) in [6, 6.07) is 5.07. The Balaban J connectivity index is 2.78. The van der Waals surface area contributed by atoms with Gasteiger partial charge in [-0.2, -0.15) is 0 Å². The minimum Gasteiger partial charge on any atom is -0.465 e. The summed E-state index contributed by atoms with van der Waals surface area (Å²) in [6.07, 6.45) is -1.54. The summed E-state index contributed by atoms with van der Waals surface area (Å²) in [5, 5.41) is 10.8. The number of nitrogens with zero attached hydrogens (tertiary/aromatic N) is 1. The number of nitrogens with one attached hydrogen (secondary N) is 1. The van der Waals surface area contributed by atoms with Crippen molar-refractivity contribution in [3.8, 4) is 0 Å². The van der Waals surface area contributed by atoms with Crippen LogP contribution in [0.2, 0.25) is 0 Å². The van der Waals surface area contributed by atoms with Crippen LogP contribution < -0.4 is 5.32 Å². The molecule has 1 aliphatic rings. The molecule has 2 rings (SSSR count). The van der Waals surface area contributed by atoms with Crippen molar-refractivity contribution in [3.05, 3.63) is 35.6 Å². The molecule has 0 bridgehead atoms. The minimum atomic E-state index is -4.50. The van der Waals surface area contributed by atoms with Gasteiger partial charge in [0.15, 0.2) is 9.84 Å². The summed E-state index contributed by atoms with van der Waals surface area (Å²) in [5.41, 5.74) is -4.89. The van der Waals surface area contributed by atoms with Gasteiger partial charge < -0.3 is 5.11 Å². The summed E-state index contributed by atoms with van der Waals surface area (Å²) in [7, 11) is -4.50. The second-order valence-corrected chi connectivity index (χ2v) is 8.41. The molecule has 1 heterocycles. The molecule has 23 heavy (non-hydrogen) atoms. The van der Waals surface area contributed by atoms with Crippen LogP contribution in [0.5, 0.6) is 0 Å². The van der Waals surface area contributed by atoms with E-state index in [0.717, 1.165) is 26.8 Å². The Hall–Kier alpha value is -2.03. The first-order chi connectivity index (χ1) is 10.4. The van der Waals surface area contributed by atoms with Gasteiger partial charge in [0.25, 0.3) is 0 Å². The second-order valence-electron chi connectivity index (χ2n) is 5.89. The van der Waals surface area contributed by atoms with E-state index >= 15 is 0 Å². The van der Waals surface area contributed by atoms with Gasteiger partial charge in [-0.25, -0.2) is 22.0 Å². The number of amidine groups is 1. The van der Waals surface area contributed by atoms with Gasteiger partial charge in [0.2, 0.25) is 5.50 Å². The largest absolute Gasteiger partial charge is 0.465 e.